The molecule has 9 heteroatoms. The summed E-state index contributed by atoms with van der Waals surface area (Å²) in [6.45, 7) is 2.90. The van der Waals surface area contributed by atoms with Crippen LogP contribution in [0.2, 0.25) is 0 Å². The van der Waals surface area contributed by atoms with Crippen LogP contribution in [0.15, 0.2) is 58.8 Å². The van der Waals surface area contributed by atoms with Crippen molar-refractivity contribution < 1.29 is 29.3 Å². The summed E-state index contributed by atoms with van der Waals surface area (Å²) in [5, 5.41) is 28.9. The van der Waals surface area contributed by atoms with Gasteiger partial charge in [0.1, 0.15) is 11.8 Å². The van der Waals surface area contributed by atoms with E-state index in [4.69, 9.17) is 14.9 Å². The Morgan fingerprint density at radius 3 is 1.86 bits per heavy atom. The molecule has 0 saturated carbocycles. The van der Waals surface area contributed by atoms with Crippen LogP contribution in [0.25, 0.3) is 0 Å². The number of nitrogens with zero attached hydrogens (tertiary/aromatic N) is 2. The van der Waals surface area contributed by atoms with Crippen LogP contribution in [0, 0.1) is 0 Å². The first-order chi connectivity index (χ1) is 20.9. The van der Waals surface area contributed by atoms with Crippen LogP contribution >= 0.6 is 0 Å². The Morgan fingerprint density at radius 2 is 1.28 bits per heavy atom. The van der Waals surface area contributed by atoms with Gasteiger partial charge >= 0.3 is 11.9 Å². The zero-order chi connectivity index (χ0) is 31.1. The number of azo groups is 1. The van der Waals surface area contributed by atoms with Crippen LogP contribution in [0.4, 0.5) is 11.4 Å². The van der Waals surface area contributed by atoms with E-state index < -0.39 is 18.0 Å². The van der Waals surface area contributed by atoms with Crippen molar-refractivity contribution in [3.63, 3.8) is 0 Å². The van der Waals surface area contributed by atoms with Crippen LogP contribution in [0.5, 0.6) is 5.75 Å². The molecule has 2 aromatic carbocycles. The van der Waals surface area contributed by atoms with E-state index >= 15 is 0 Å². The fraction of sp³-hybridized carbons (Fsp3) is 0.559. The van der Waals surface area contributed by atoms with Gasteiger partial charge in [0.15, 0.2) is 0 Å². The highest BCUT2D eigenvalue weighted by Gasteiger charge is 2.20. The van der Waals surface area contributed by atoms with Gasteiger partial charge in [-0.15, -0.1) is 0 Å². The summed E-state index contributed by atoms with van der Waals surface area (Å²) < 4.78 is 5.86. The molecule has 0 aliphatic heterocycles. The van der Waals surface area contributed by atoms with Gasteiger partial charge in [-0.25, -0.2) is 4.79 Å². The highest BCUT2D eigenvalue weighted by atomic mass is 16.5. The Morgan fingerprint density at radius 1 is 0.721 bits per heavy atom. The van der Waals surface area contributed by atoms with Crippen molar-refractivity contribution in [1.82, 2.24) is 5.32 Å². The van der Waals surface area contributed by atoms with E-state index in [2.05, 4.69) is 34.6 Å². The second-order valence-electron chi connectivity index (χ2n) is 11.0. The smallest absolute Gasteiger partial charge is 0.326 e. The van der Waals surface area contributed by atoms with Crippen LogP contribution in [0.1, 0.15) is 109 Å². The maximum absolute atomic E-state index is 11.9. The minimum absolute atomic E-state index is 0.115. The van der Waals surface area contributed by atoms with Crippen molar-refractivity contribution in [1.29, 1.82) is 0 Å². The Labute approximate surface area is 256 Å². The van der Waals surface area contributed by atoms with E-state index in [1.165, 1.54) is 31.2 Å². The molecule has 0 heterocycles. The fourth-order valence-electron chi connectivity index (χ4n) is 4.64. The number of amides is 1. The average molecular weight is 596 g/mol. The van der Waals surface area contributed by atoms with E-state index in [1.54, 1.807) is 0 Å². The van der Waals surface area contributed by atoms with Gasteiger partial charge < -0.3 is 20.3 Å². The molecule has 1 amide bonds. The first kappa shape index (κ1) is 35.4. The van der Waals surface area contributed by atoms with E-state index in [0.717, 1.165) is 68.5 Å². The summed E-state index contributed by atoms with van der Waals surface area (Å²) in [4.78, 5) is 33.7. The largest absolute Gasteiger partial charge is 0.494 e. The van der Waals surface area contributed by atoms with Crippen LogP contribution < -0.4 is 10.1 Å². The molecule has 3 N–H and O–H groups in total. The third-order valence-corrected chi connectivity index (χ3v) is 7.22. The number of carbonyl (C=O) groups is 3. The average Bonchev–Trinajstić information content (AvgIpc) is 3.00. The first-order valence-corrected chi connectivity index (χ1v) is 15.8. The van der Waals surface area contributed by atoms with E-state index in [-0.39, 0.29) is 25.2 Å². The van der Waals surface area contributed by atoms with Gasteiger partial charge in [0.2, 0.25) is 5.91 Å². The molecule has 0 aromatic heterocycles. The van der Waals surface area contributed by atoms with E-state index in [0.29, 0.717) is 13.0 Å². The van der Waals surface area contributed by atoms with Gasteiger partial charge in [-0.2, -0.15) is 10.2 Å². The van der Waals surface area contributed by atoms with Gasteiger partial charge in [-0.3, -0.25) is 9.59 Å². The topological polar surface area (TPSA) is 138 Å². The number of carboxylic acid groups (broad SMARTS) is 2. The third kappa shape index (κ3) is 17.1. The number of carbonyl (C=O) groups excluding carboxylic acids is 1. The summed E-state index contributed by atoms with van der Waals surface area (Å²) in [5.41, 5.74) is 2.98. The number of hydrogen-bond acceptors (Lipinski definition) is 6. The molecule has 0 unspecified atom stereocenters. The number of nitrogens with one attached hydrogen (secondary N) is 1. The third-order valence-electron chi connectivity index (χ3n) is 7.22. The normalized spacial score (nSPS) is 11.8. The molecule has 2 aromatic rings. The molecule has 0 aliphatic carbocycles. The second-order valence-corrected chi connectivity index (χ2v) is 11.0. The lowest BCUT2D eigenvalue weighted by molar-refractivity contribution is -0.143. The molecule has 0 fully saturated rings. The van der Waals surface area contributed by atoms with Crippen LogP contribution in [0.3, 0.4) is 0 Å². The number of hydrogen-bond donors (Lipinski definition) is 3. The molecule has 0 saturated heterocycles. The summed E-state index contributed by atoms with van der Waals surface area (Å²) in [6, 6.07) is 14.8. The molecule has 0 radical (unpaired) electrons. The molecule has 236 valence electrons. The van der Waals surface area contributed by atoms with Gasteiger partial charge in [-0.05, 0) is 74.1 Å². The fourth-order valence-corrected chi connectivity index (χ4v) is 4.64. The zero-order valence-corrected chi connectivity index (χ0v) is 25.6. The van der Waals surface area contributed by atoms with Crippen molar-refractivity contribution >= 4 is 29.2 Å². The number of aryl methyl sites for hydroxylation is 1. The molecule has 0 spiro atoms. The molecular formula is C34H49N3O6. The van der Waals surface area contributed by atoms with Gasteiger partial charge in [-0.1, -0.05) is 76.8 Å². The standard InChI is InChI=1S/C34H49N3O6/c1-2-3-4-11-14-27-16-18-28(19-17-27)36-37-29-20-22-30(23-21-29)43-26-13-10-8-6-5-7-9-12-15-32(38)35-31(34(41)42)24-25-33(39)40/h16-23,31H,2-15,24-26H2,1H3,(H,35,38)(H,39,40)(H,41,42)/t31-/m0/s1. The first-order valence-electron chi connectivity index (χ1n) is 15.8. The zero-order valence-electron chi connectivity index (χ0n) is 25.6. The summed E-state index contributed by atoms with van der Waals surface area (Å²) in [5.74, 6) is -1.80. The van der Waals surface area contributed by atoms with Gasteiger partial charge in [0, 0.05) is 12.8 Å². The SMILES string of the molecule is CCCCCCc1ccc(N=Nc2ccc(OCCCCCCCCCCC(=O)N[C@@H](CCC(=O)O)C(=O)O)cc2)cc1. The van der Waals surface area contributed by atoms with E-state index in [9.17, 15) is 14.4 Å². The molecule has 0 bridgehead atoms. The quantitative estimate of drug-likeness (QED) is 0.0821. The van der Waals surface area contributed by atoms with Crippen molar-refractivity contribution in [3.05, 3.63) is 54.1 Å². The maximum atomic E-state index is 11.9. The summed E-state index contributed by atoms with van der Waals surface area (Å²) in [6.07, 6.45) is 14.1. The number of carboxylic acids is 2. The minimum Gasteiger partial charge on any atom is -0.494 e. The summed E-state index contributed by atoms with van der Waals surface area (Å²) in [7, 11) is 0. The Bertz CT molecular complexity index is 1100. The van der Waals surface area contributed by atoms with Crippen molar-refractivity contribution in [2.45, 2.75) is 116 Å². The molecule has 2 rings (SSSR count). The molecule has 0 aliphatic rings. The highest BCUT2D eigenvalue weighted by molar-refractivity contribution is 5.83. The van der Waals surface area contributed by atoms with Gasteiger partial charge in [0.05, 0.1) is 18.0 Å². The number of aliphatic carboxylic acids is 2. The number of rotatable bonds is 24. The lowest BCUT2D eigenvalue weighted by Crippen LogP contribution is -2.41. The molecule has 9 nitrogen and oxygen atoms in total. The predicted octanol–water partition coefficient (Wildman–Crippen LogP) is 8.55. The predicted molar refractivity (Wildman–Crippen MR) is 168 cm³/mol. The maximum Gasteiger partial charge on any atom is 0.326 e. The Hall–Kier alpha value is -3.75. The van der Waals surface area contributed by atoms with Crippen molar-refractivity contribution in [3.8, 4) is 5.75 Å². The number of ether oxygens (including phenoxy) is 1. The molecule has 43 heavy (non-hydrogen) atoms. The molecule has 1 atom stereocenters. The van der Waals surface area contributed by atoms with Crippen LogP contribution in [-0.4, -0.2) is 40.7 Å². The van der Waals surface area contributed by atoms with Crippen molar-refractivity contribution in [2.24, 2.45) is 10.2 Å². The Balaban J connectivity index is 1.49. The van der Waals surface area contributed by atoms with E-state index in [1.807, 2.05) is 36.4 Å². The van der Waals surface area contributed by atoms with Gasteiger partial charge in [0.25, 0.3) is 0 Å². The Kier molecular flexibility index (Phi) is 18.0. The van der Waals surface area contributed by atoms with Crippen molar-refractivity contribution in [2.75, 3.05) is 6.61 Å². The van der Waals surface area contributed by atoms with Crippen LogP contribution in [-0.2, 0) is 20.8 Å². The number of unbranched alkanes of at least 4 members (excludes halogenated alkanes) is 10. The lowest BCUT2D eigenvalue weighted by atomic mass is 10.1. The lowest BCUT2D eigenvalue weighted by Gasteiger charge is -2.13. The summed E-state index contributed by atoms with van der Waals surface area (Å²) >= 11 is 0. The second kappa shape index (κ2) is 21.9. The number of benzene rings is 2. The molecular weight excluding hydrogens is 546 g/mol. The monoisotopic (exact) mass is 595 g/mol. The highest BCUT2D eigenvalue weighted by Crippen LogP contribution is 2.22. The minimum atomic E-state index is -1.21.